The highest BCUT2D eigenvalue weighted by atomic mass is 19.4. The molecule has 12 nitrogen and oxygen atoms in total. The Labute approximate surface area is 272 Å². The van der Waals surface area contributed by atoms with Gasteiger partial charge in [-0.05, 0) is 31.2 Å². The predicted molar refractivity (Wildman–Crippen MR) is 152 cm³/mol. The third-order valence-electron chi connectivity index (χ3n) is 8.11. The van der Waals surface area contributed by atoms with E-state index in [2.05, 4.69) is 20.6 Å². The van der Waals surface area contributed by atoms with E-state index in [0.717, 1.165) is 42.5 Å². The molecule has 1 aromatic carbocycles. The first kappa shape index (κ1) is 39.3. The number of piperazine rings is 1. The van der Waals surface area contributed by atoms with Gasteiger partial charge in [-0.3, -0.25) is 24.5 Å². The number of nitrogens with zero attached hydrogens (tertiary/aromatic N) is 4. The minimum Gasteiger partial charge on any atom is -0.475 e. The highest BCUT2D eigenvalue weighted by Gasteiger charge is 2.45. The van der Waals surface area contributed by atoms with Crippen molar-refractivity contribution in [3.05, 3.63) is 23.9 Å². The number of alkyl halides is 9. The largest absolute Gasteiger partial charge is 0.490 e. The number of halogens is 9. The summed E-state index contributed by atoms with van der Waals surface area (Å²) in [6, 6.07) is 4.53. The number of fused-ring (bicyclic) bond motifs is 1. The molecule has 21 heteroatoms. The van der Waals surface area contributed by atoms with Gasteiger partial charge in [0.15, 0.2) is 0 Å². The van der Waals surface area contributed by atoms with Crippen LogP contribution in [0, 0.1) is 5.92 Å². The molecule has 49 heavy (non-hydrogen) atoms. The normalized spacial score (nSPS) is 21.3. The van der Waals surface area contributed by atoms with E-state index in [9.17, 15) is 49.1 Å². The standard InChI is InChI=1S/C24H31F3N6O2.2C2HF3O2/c1-31-22-16(21(30-31)17-5-6-20(34)29-23(17)35)3-2-4-18(22)32-10-7-15(8-11-32)14-33-12-9-28-13-19(33)24(25,26)27;2*3-2(4,5)1(6)7/h2-4,15,17,19,28H,5-14H2,1H3,(H,29,34,35);2*(H,6,7)/t17?,19-;;/m0../s1. The molecule has 0 saturated carbocycles. The molecule has 4 N–H and O–H groups in total. The summed E-state index contributed by atoms with van der Waals surface area (Å²) in [6.45, 7) is 2.94. The van der Waals surface area contributed by atoms with Crippen molar-refractivity contribution in [1.29, 1.82) is 0 Å². The van der Waals surface area contributed by atoms with Crippen LogP contribution in [-0.4, -0.2) is 112 Å². The van der Waals surface area contributed by atoms with Crippen molar-refractivity contribution in [3.63, 3.8) is 0 Å². The number of carboxylic acids is 2. The van der Waals surface area contributed by atoms with E-state index < -0.39 is 42.4 Å². The van der Waals surface area contributed by atoms with Gasteiger partial charge in [-0.15, -0.1) is 0 Å². The number of hydrogen-bond donors (Lipinski definition) is 4. The number of aryl methyl sites for hydroxylation is 1. The van der Waals surface area contributed by atoms with Gasteiger partial charge in [0, 0.05) is 58.1 Å². The van der Waals surface area contributed by atoms with Crippen LogP contribution in [0.4, 0.5) is 45.2 Å². The summed E-state index contributed by atoms with van der Waals surface area (Å²) in [6.07, 6.45) is -12.0. The number of imide groups is 1. The lowest BCUT2D eigenvalue weighted by molar-refractivity contribution is -0.193. The SMILES string of the molecule is Cn1nc(C2CCC(=O)NC2=O)c2cccc(N3CCC(CN4CCNC[C@H]4C(F)(F)F)CC3)c21.O=C(O)C(F)(F)F.O=C(O)C(F)(F)F. The molecule has 3 aliphatic heterocycles. The van der Waals surface area contributed by atoms with Crippen LogP contribution in [0.1, 0.15) is 37.3 Å². The molecule has 3 saturated heterocycles. The minimum absolute atomic E-state index is 0.0413. The van der Waals surface area contributed by atoms with Crippen LogP contribution in [-0.2, 0) is 26.2 Å². The average Bonchev–Trinajstić information content (AvgIpc) is 3.33. The maximum Gasteiger partial charge on any atom is 0.490 e. The summed E-state index contributed by atoms with van der Waals surface area (Å²) in [5.74, 6) is -6.31. The topological polar surface area (TPSA) is 157 Å². The number of carboxylic acid groups (broad SMARTS) is 2. The number of carbonyl (C=O) groups excluding carboxylic acids is 2. The second-order valence-corrected chi connectivity index (χ2v) is 11.5. The predicted octanol–water partition coefficient (Wildman–Crippen LogP) is 3.41. The van der Waals surface area contributed by atoms with Crippen molar-refractivity contribution in [3.8, 4) is 0 Å². The molecular formula is C28H33F9N6O6. The maximum atomic E-state index is 13.5. The van der Waals surface area contributed by atoms with Crippen molar-refractivity contribution in [2.75, 3.05) is 44.2 Å². The van der Waals surface area contributed by atoms with Crippen LogP contribution in [0.3, 0.4) is 0 Å². The Morgan fingerprint density at radius 2 is 1.49 bits per heavy atom. The van der Waals surface area contributed by atoms with Gasteiger partial charge in [0.05, 0.1) is 22.8 Å². The highest BCUT2D eigenvalue weighted by molar-refractivity contribution is 6.03. The van der Waals surface area contributed by atoms with Gasteiger partial charge in [0.2, 0.25) is 11.8 Å². The number of para-hydroxylation sites is 1. The van der Waals surface area contributed by atoms with Gasteiger partial charge in [0.1, 0.15) is 6.04 Å². The zero-order valence-corrected chi connectivity index (χ0v) is 25.8. The molecule has 2 atom stereocenters. The number of aliphatic carboxylic acids is 2. The number of carbonyl (C=O) groups is 4. The van der Waals surface area contributed by atoms with E-state index >= 15 is 0 Å². The first-order chi connectivity index (χ1) is 22.6. The third kappa shape index (κ3) is 10.4. The molecule has 3 fully saturated rings. The van der Waals surface area contributed by atoms with E-state index in [4.69, 9.17) is 19.8 Å². The first-order valence-corrected chi connectivity index (χ1v) is 14.8. The number of anilines is 1. The number of rotatable bonds is 4. The van der Waals surface area contributed by atoms with Gasteiger partial charge in [0.25, 0.3) is 0 Å². The summed E-state index contributed by atoms with van der Waals surface area (Å²) in [5.41, 5.74) is 2.64. The lowest BCUT2D eigenvalue weighted by atomic mass is 9.92. The fraction of sp³-hybridized carbons (Fsp3) is 0.607. The molecule has 2 amide bonds. The Kier molecular flexibility index (Phi) is 12.5. The fourth-order valence-electron chi connectivity index (χ4n) is 5.79. The molecule has 0 spiro atoms. The number of benzene rings is 1. The van der Waals surface area contributed by atoms with Crippen LogP contribution >= 0.6 is 0 Å². The minimum atomic E-state index is -5.08. The zero-order valence-electron chi connectivity index (χ0n) is 25.8. The summed E-state index contributed by atoms with van der Waals surface area (Å²) < 4.78 is 106. The molecule has 274 valence electrons. The molecule has 1 aromatic heterocycles. The number of nitrogens with one attached hydrogen (secondary N) is 2. The van der Waals surface area contributed by atoms with Crippen LogP contribution in [0.15, 0.2) is 18.2 Å². The number of aromatic nitrogens is 2. The molecule has 0 aliphatic carbocycles. The first-order valence-electron chi connectivity index (χ1n) is 14.8. The zero-order chi connectivity index (χ0) is 36.9. The van der Waals surface area contributed by atoms with Crippen LogP contribution in [0.25, 0.3) is 10.9 Å². The van der Waals surface area contributed by atoms with E-state index in [1.54, 1.807) is 9.58 Å². The molecule has 5 rings (SSSR count). The van der Waals surface area contributed by atoms with Gasteiger partial charge < -0.3 is 20.4 Å². The van der Waals surface area contributed by atoms with Gasteiger partial charge in [-0.1, -0.05) is 12.1 Å². The maximum absolute atomic E-state index is 13.5. The third-order valence-corrected chi connectivity index (χ3v) is 8.11. The Morgan fingerprint density at radius 3 is 2.00 bits per heavy atom. The number of hydrogen-bond acceptors (Lipinski definition) is 8. The van der Waals surface area contributed by atoms with Gasteiger partial charge >= 0.3 is 30.5 Å². The van der Waals surface area contributed by atoms with Crippen molar-refractivity contribution in [2.45, 2.75) is 56.2 Å². The second-order valence-electron chi connectivity index (χ2n) is 11.5. The molecule has 0 bridgehead atoms. The van der Waals surface area contributed by atoms with Gasteiger partial charge in [-0.25, -0.2) is 9.59 Å². The average molecular weight is 721 g/mol. The van der Waals surface area contributed by atoms with Crippen molar-refractivity contribution >= 4 is 40.3 Å². The Balaban J connectivity index is 0.000000392. The van der Waals surface area contributed by atoms with E-state index in [1.807, 2.05) is 25.2 Å². The Hall–Kier alpha value is -4.14. The number of amides is 2. The van der Waals surface area contributed by atoms with Crippen molar-refractivity contribution in [2.24, 2.45) is 13.0 Å². The smallest absolute Gasteiger partial charge is 0.475 e. The lowest BCUT2D eigenvalue weighted by Crippen LogP contribution is -2.59. The molecule has 4 heterocycles. The summed E-state index contributed by atoms with van der Waals surface area (Å²) in [5, 5.41) is 25.1. The Morgan fingerprint density at radius 1 is 0.918 bits per heavy atom. The summed E-state index contributed by atoms with van der Waals surface area (Å²) in [4.78, 5) is 45.7. The van der Waals surface area contributed by atoms with E-state index in [1.165, 1.54) is 0 Å². The van der Waals surface area contributed by atoms with Crippen LogP contribution in [0.5, 0.6) is 0 Å². The molecule has 0 radical (unpaired) electrons. The fourth-order valence-corrected chi connectivity index (χ4v) is 5.79. The molecule has 2 aromatic rings. The molecule has 1 unspecified atom stereocenters. The highest BCUT2D eigenvalue weighted by Crippen LogP contribution is 2.36. The summed E-state index contributed by atoms with van der Waals surface area (Å²) in [7, 11) is 1.86. The lowest BCUT2D eigenvalue weighted by Gasteiger charge is -2.41. The monoisotopic (exact) mass is 720 g/mol. The van der Waals surface area contributed by atoms with Crippen LogP contribution in [0.2, 0.25) is 0 Å². The van der Waals surface area contributed by atoms with Crippen molar-refractivity contribution in [1.82, 2.24) is 25.3 Å². The Bertz CT molecular complexity index is 1480. The molecule has 3 aliphatic rings. The number of piperidine rings is 2. The quantitative estimate of drug-likeness (QED) is 0.273. The van der Waals surface area contributed by atoms with Crippen molar-refractivity contribution < 1.29 is 68.9 Å². The van der Waals surface area contributed by atoms with E-state index in [0.29, 0.717) is 38.2 Å². The molecular weight excluding hydrogens is 687 g/mol. The van der Waals surface area contributed by atoms with E-state index in [-0.39, 0.29) is 24.3 Å². The summed E-state index contributed by atoms with van der Waals surface area (Å²) >= 11 is 0. The van der Waals surface area contributed by atoms with Crippen LogP contribution < -0.4 is 15.5 Å². The van der Waals surface area contributed by atoms with Gasteiger partial charge in [-0.2, -0.15) is 44.6 Å². The second kappa shape index (κ2) is 15.6.